The van der Waals surface area contributed by atoms with Crippen molar-refractivity contribution in [2.75, 3.05) is 30.3 Å². The quantitative estimate of drug-likeness (QED) is 0.645. The van der Waals surface area contributed by atoms with E-state index in [1.165, 1.54) is 44.5 Å². The summed E-state index contributed by atoms with van der Waals surface area (Å²) in [6, 6.07) is 8.58. The molecule has 25 heavy (non-hydrogen) atoms. The van der Waals surface area contributed by atoms with Crippen LogP contribution in [0.2, 0.25) is 0 Å². The number of aryl methyl sites for hydroxylation is 1. The molecule has 5 nitrogen and oxygen atoms in total. The summed E-state index contributed by atoms with van der Waals surface area (Å²) in [5.41, 5.74) is 4.75. The molecular formula is C20H27N5. The Kier molecular flexibility index (Phi) is 5.90. The van der Waals surface area contributed by atoms with Crippen molar-refractivity contribution < 1.29 is 0 Å². The summed E-state index contributed by atoms with van der Waals surface area (Å²) in [7, 11) is 0. The molecular weight excluding hydrogens is 310 g/mol. The molecule has 5 heteroatoms. The zero-order valence-corrected chi connectivity index (χ0v) is 14.7. The van der Waals surface area contributed by atoms with Gasteiger partial charge < -0.3 is 15.5 Å². The Hall–Kier alpha value is -2.53. The van der Waals surface area contributed by atoms with Crippen LogP contribution in [0, 0.1) is 0 Å². The molecule has 0 aliphatic carbocycles. The molecule has 2 aromatic rings. The number of aromatic nitrogens is 2. The van der Waals surface area contributed by atoms with Crippen LogP contribution in [0.25, 0.3) is 5.70 Å². The summed E-state index contributed by atoms with van der Waals surface area (Å²) in [6.07, 6.45) is 8.49. The molecule has 0 spiro atoms. The van der Waals surface area contributed by atoms with Crippen molar-refractivity contribution in [3.8, 4) is 0 Å². The Labute approximate surface area is 149 Å². The molecule has 1 aromatic heterocycles. The predicted octanol–water partition coefficient (Wildman–Crippen LogP) is 4.08. The highest BCUT2D eigenvalue weighted by molar-refractivity contribution is 5.79. The van der Waals surface area contributed by atoms with E-state index >= 15 is 0 Å². The van der Waals surface area contributed by atoms with Gasteiger partial charge in [0, 0.05) is 11.9 Å². The van der Waals surface area contributed by atoms with Gasteiger partial charge in [-0.15, -0.1) is 0 Å². The highest BCUT2D eigenvalue weighted by Crippen LogP contribution is 2.22. The second kappa shape index (κ2) is 8.53. The highest BCUT2D eigenvalue weighted by atomic mass is 15.1. The van der Waals surface area contributed by atoms with Gasteiger partial charge in [-0.05, 0) is 69.2 Å². The van der Waals surface area contributed by atoms with Crippen molar-refractivity contribution in [1.29, 1.82) is 0 Å². The fourth-order valence-electron chi connectivity index (χ4n) is 3.24. The lowest BCUT2D eigenvalue weighted by Crippen LogP contribution is -2.20. The first-order valence-corrected chi connectivity index (χ1v) is 8.95. The van der Waals surface area contributed by atoms with Gasteiger partial charge in [0.05, 0.1) is 11.4 Å². The molecule has 0 unspecified atom stereocenters. The van der Waals surface area contributed by atoms with Crippen LogP contribution in [-0.2, 0) is 6.42 Å². The van der Waals surface area contributed by atoms with Crippen LogP contribution < -0.4 is 10.6 Å². The van der Waals surface area contributed by atoms with Gasteiger partial charge >= 0.3 is 0 Å². The number of H-pyrrole nitrogens is 1. The predicted molar refractivity (Wildman–Crippen MR) is 106 cm³/mol. The second-order valence-corrected chi connectivity index (χ2v) is 6.45. The van der Waals surface area contributed by atoms with Crippen molar-refractivity contribution in [2.45, 2.75) is 25.7 Å². The molecule has 132 valence electrons. The van der Waals surface area contributed by atoms with Crippen molar-refractivity contribution in [1.82, 2.24) is 15.1 Å². The second-order valence-electron chi connectivity index (χ2n) is 6.45. The average molecular weight is 337 g/mol. The van der Waals surface area contributed by atoms with Gasteiger partial charge in [0.25, 0.3) is 0 Å². The molecule has 0 bridgehead atoms. The largest absolute Gasteiger partial charge is 0.359 e. The summed E-state index contributed by atoms with van der Waals surface area (Å²) in [5.74, 6) is 0. The Morgan fingerprint density at radius 1 is 1.24 bits per heavy atom. The van der Waals surface area contributed by atoms with E-state index in [1.807, 2.05) is 0 Å². The van der Waals surface area contributed by atoms with Gasteiger partial charge in [0.2, 0.25) is 0 Å². The number of nitrogens with one attached hydrogen (secondary N) is 3. The number of likely N-dealkylation sites (tertiary alicyclic amines) is 1. The minimum Gasteiger partial charge on any atom is -0.359 e. The molecule has 0 saturated carbocycles. The van der Waals surface area contributed by atoms with Gasteiger partial charge in [-0.25, -0.2) is 0 Å². The Bertz CT molecular complexity index is 695. The zero-order valence-electron chi connectivity index (χ0n) is 14.7. The SMILES string of the molecule is C=CNc1c[nH]nc1C(=C)Nc1ccc(CCCN2CCCC2)cc1. The van der Waals surface area contributed by atoms with E-state index in [1.54, 1.807) is 12.4 Å². The topological polar surface area (TPSA) is 56.0 Å². The maximum atomic E-state index is 4.22. The fourth-order valence-corrected chi connectivity index (χ4v) is 3.24. The number of aromatic amines is 1. The Balaban J connectivity index is 1.50. The number of nitrogens with zero attached hydrogens (tertiary/aromatic N) is 2. The van der Waals surface area contributed by atoms with Gasteiger partial charge in [-0.3, -0.25) is 5.10 Å². The van der Waals surface area contributed by atoms with Crippen LogP contribution in [0.1, 0.15) is 30.5 Å². The van der Waals surface area contributed by atoms with Crippen molar-refractivity contribution in [3.63, 3.8) is 0 Å². The van der Waals surface area contributed by atoms with Crippen LogP contribution in [0.5, 0.6) is 0 Å². The Morgan fingerprint density at radius 2 is 2.00 bits per heavy atom. The summed E-state index contributed by atoms with van der Waals surface area (Å²) in [6.45, 7) is 11.5. The van der Waals surface area contributed by atoms with Gasteiger partial charge in [0.1, 0.15) is 5.69 Å². The van der Waals surface area contributed by atoms with Crippen LogP contribution >= 0.6 is 0 Å². The lowest BCUT2D eigenvalue weighted by molar-refractivity contribution is 0.334. The number of benzene rings is 1. The van der Waals surface area contributed by atoms with E-state index < -0.39 is 0 Å². The molecule has 0 radical (unpaired) electrons. The maximum Gasteiger partial charge on any atom is 0.131 e. The molecule has 1 aromatic carbocycles. The standard InChI is InChI=1S/C20H27N5/c1-3-21-19-15-22-24-20(19)16(2)23-18-10-8-17(9-11-18)7-6-14-25-12-4-5-13-25/h3,8-11,15,21,23H,1-2,4-7,12-14H2,(H,22,24). The zero-order chi connectivity index (χ0) is 17.5. The number of anilines is 2. The number of hydrogen-bond donors (Lipinski definition) is 3. The molecule has 1 aliphatic rings. The number of hydrogen-bond acceptors (Lipinski definition) is 4. The average Bonchev–Trinajstić information content (AvgIpc) is 3.28. The summed E-state index contributed by atoms with van der Waals surface area (Å²) in [5, 5.41) is 13.4. The minimum absolute atomic E-state index is 0.743. The van der Waals surface area contributed by atoms with Gasteiger partial charge in [0.15, 0.2) is 0 Å². The molecule has 3 rings (SSSR count). The highest BCUT2D eigenvalue weighted by Gasteiger charge is 2.11. The van der Waals surface area contributed by atoms with E-state index in [0.29, 0.717) is 0 Å². The third kappa shape index (κ3) is 4.73. The van der Waals surface area contributed by atoms with E-state index in [4.69, 9.17) is 0 Å². The van der Waals surface area contributed by atoms with E-state index in [2.05, 4.69) is 63.2 Å². The first-order valence-electron chi connectivity index (χ1n) is 8.95. The molecule has 0 atom stereocenters. The first kappa shape index (κ1) is 17.3. The normalized spacial score (nSPS) is 14.4. The third-order valence-electron chi connectivity index (χ3n) is 4.57. The van der Waals surface area contributed by atoms with Crippen molar-refractivity contribution in [3.05, 3.63) is 61.1 Å². The molecule has 1 saturated heterocycles. The third-order valence-corrected chi connectivity index (χ3v) is 4.57. The first-order chi connectivity index (χ1) is 12.3. The smallest absolute Gasteiger partial charge is 0.131 e. The fraction of sp³-hybridized carbons (Fsp3) is 0.350. The van der Waals surface area contributed by atoms with Gasteiger partial charge in [-0.1, -0.05) is 25.3 Å². The number of rotatable bonds is 9. The summed E-state index contributed by atoms with van der Waals surface area (Å²) in [4.78, 5) is 2.57. The maximum absolute atomic E-state index is 4.22. The molecule has 1 fully saturated rings. The van der Waals surface area contributed by atoms with Crippen molar-refractivity contribution in [2.24, 2.45) is 0 Å². The van der Waals surface area contributed by atoms with Crippen LogP contribution in [0.4, 0.5) is 11.4 Å². The lowest BCUT2D eigenvalue weighted by Gasteiger charge is -2.14. The van der Waals surface area contributed by atoms with Crippen LogP contribution in [-0.4, -0.2) is 34.7 Å². The molecule has 1 aliphatic heterocycles. The summed E-state index contributed by atoms with van der Waals surface area (Å²) < 4.78 is 0. The lowest BCUT2D eigenvalue weighted by atomic mass is 10.1. The molecule has 3 N–H and O–H groups in total. The minimum atomic E-state index is 0.743. The van der Waals surface area contributed by atoms with E-state index in [0.717, 1.165) is 29.2 Å². The summed E-state index contributed by atoms with van der Waals surface area (Å²) >= 11 is 0. The Morgan fingerprint density at radius 3 is 2.72 bits per heavy atom. The van der Waals surface area contributed by atoms with E-state index in [-0.39, 0.29) is 0 Å². The van der Waals surface area contributed by atoms with Crippen LogP contribution in [0.3, 0.4) is 0 Å². The molecule has 2 heterocycles. The van der Waals surface area contributed by atoms with Crippen molar-refractivity contribution >= 4 is 17.1 Å². The molecule has 0 amide bonds. The van der Waals surface area contributed by atoms with E-state index in [9.17, 15) is 0 Å². The van der Waals surface area contributed by atoms with Crippen LogP contribution in [0.15, 0.2) is 49.8 Å². The van der Waals surface area contributed by atoms with Gasteiger partial charge in [-0.2, -0.15) is 5.10 Å². The monoisotopic (exact) mass is 337 g/mol.